The van der Waals surface area contributed by atoms with E-state index in [4.69, 9.17) is 11.6 Å². The Labute approximate surface area is 140 Å². The molecule has 2 aromatic carbocycles. The molecule has 1 atom stereocenters. The number of hydrogen-bond acceptors (Lipinski definition) is 3. The second-order valence-electron chi connectivity index (χ2n) is 5.72. The number of para-hydroxylation sites is 1. The summed E-state index contributed by atoms with van der Waals surface area (Å²) >= 11 is 5.86. The van der Waals surface area contributed by atoms with Gasteiger partial charge >= 0.3 is 0 Å². The lowest BCUT2D eigenvalue weighted by Crippen LogP contribution is -2.35. The van der Waals surface area contributed by atoms with Gasteiger partial charge in [0.15, 0.2) is 0 Å². The van der Waals surface area contributed by atoms with E-state index in [-0.39, 0.29) is 18.2 Å². The molecule has 1 heterocycles. The molecule has 5 heteroatoms. The van der Waals surface area contributed by atoms with Crippen molar-refractivity contribution in [2.75, 3.05) is 10.2 Å². The first kappa shape index (κ1) is 15.6. The van der Waals surface area contributed by atoms with E-state index in [9.17, 15) is 9.59 Å². The van der Waals surface area contributed by atoms with Gasteiger partial charge in [-0.05, 0) is 49.2 Å². The van der Waals surface area contributed by atoms with Gasteiger partial charge in [0.1, 0.15) is 6.04 Å². The molecule has 23 heavy (non-hydrogen) atoms. The topological polar surface area (TPSA) is 49.4 Å². The van der Waals surface area contributed by atoms with Gasteiger partial charge in [-0.1, -0.05) is 29.8 Å². The van der Waals surface area contributed by atoms with Crippen molar-refractivity contribution in [1.82, 2.24) is 0 Å². The number of carbonyl (C=O) groups excluding carboxylic acids is 2. The number of nitrogens with one attached hydrogen (secondary N) is 1. The van der Waals surface area contributed by atoms with Crippen LogP contribution in [0.15, 0.2) is 42.5 Å². The second kappa shape index (κ2) is 6.05. The molecular formula is C18H17ClN2O2. The fourth-order valence-electron chi connectivity index (χ4n) is 2.89. The van der Waals surface area contributed by atoms with Gasteiger partial charge in [0.05, 0.1) is 12.1 Å². The molecule has 0 bridgehead atoms. The van der Waals surface area contributed by atoms with Gasteiger partial charge in [0, 0.05) is 10.7 Å². The fraction of sp³-hybridized carbons (Fsp3) is 0.222. The highest BCUT2D eigenvalue weighted by Crippen LogP contribution is 2.30. The maximum atomic E-state index is 12.7. The van der Waals surface area contributed by atoms with Crippen molar-refractivity contribution in [1.29, 1.82) is 0 Å². The van der Waals surface area contributed by atoms with Crippen LogP contribution < -0.4 is 10.2 Å². The van der Waals surface area contributed by atoms with E-state index in [2.05, 4.69) is 5.32 Å². The zero-order valence-corrected chi connectivity index (χ0v) is 13.7. The van der Waals surface area contributed by atoms with Gasteiger partial charge < -0.3 is 5.32 Å². The van der Waals surface area contributed by atoms with Gasteiger partial charge in [0.25, 0.3) is 5.91 Å². The van der Waals surface area contributed by atoms with Crippen LogP contribution in [0.5, 0.6) is 0 Å². The van der Waals surface area contributed by atoms with Crippen LogP contribution in [0.2, 0.25) is 5.02 Å². The van der Waals surface area contributed by atoms with Crippen LogP contribution in [0.4, 0.5) is 11.4 Å². The standard InChI is InChI=1S/C18H17ClN2O2/c1-11-4-3-5-12(2)17(11)21-16(22)10-15(18(21)23)20-14-8-6-13(19)7-9-14/h3-9,15,20H,10H2,1-2H3. The molecule has 0 spiro atoms. The highest BCUT2D eigenvalue weighted by atomic mass is 35.5. The van der Waals surface area contributed by atoms with Crippen molar-refractivity contribution in [3.8, 4) is 0 Å². The quantitative estimate of drug-likeness (QED) is 0.874. The van der Waals surface area contributed by atoms with E-state index in [0.29, 0.717) is 10.7 Å². The molecule has 0 radical (unpaired) electrons. The third-order valence-corrected chi connectivity index (χ3v) is 4.25. The van der Waals surface area contributed by atoms with E-state index in [1.54, 1.807) is 24.3 Å². The molecule has 118 valence electrons. The molecule has 1 aliphatic heterocycles. The van der Waals surface area contributed by atoms with Crippen molar-refractivity contribution < 1.29 is 9.59 Å². The Morgan fingerprint density at radius 1 is 1.04 bits per heavy atom. The first-order valence-corrected chi connectivity index (χ1v) is 7.80. The van der Waals surface area contributed by atoms with Crippen LogP contribution in [0, 0.1) is 13.8 Å². The number of anilines is 2. The number of carbonyl (C=O) groups is 2. The minimum absolute atomic E-state index is 0.148. The zero-order valence-electron chi connectivity index (χ0n) is 13.0. The molecule has 0 aliphatic carbocycles. The molecule has 1 aliphatic rings. The highest BCUT2D eigenvalue weighted by Gasteiger charge is 2.40. The largest absolute Gasteiger partial charge is 0.373 e. The smallest absolute Gasteiger partial charge is 0.256 e. The number of imide groups is 1. The number of benzene rings is 2. The normalized spacial score (nSPS) is 17.7. The van der Waals surface area contributed by atoms with Gasteiger partial charge in [-0.2, -0.15) is 0 Å². The maximum Gasteiger partial charge on any atom is 0.256 e. The Bertz CT molecular complexity index is 751. The predicted octanol–water partition coefficient (Wildman–Crippen LogP) is 3.70. The van der Waals surface area contributed by atoms with Crippen molar-refractivity contribution in [3.05, 3.63) is 58.6 Å². The summed E-state index contributed by atoms with van der Waals surface area (Å²) in [5, 5.41) is 3.74. The van der Waals surface area contributed by atoms with E-state index < -0.39 is 6.04 Å². The first-order chi connectivity index (χ1) is 11.0. The number of nitrogens with zero attached hydrogens (tertiary/aromatic N) is 1. The van der Waals surface area contributed by atoms with Gasteiger partial charge in [0.2, 0.25) is 5.91 Å². The van der Waals surface area contributed by atoms with Gasteiger partial charge in [-0.3, -0.25) is 9.59 Å². The lowest BCUT2D eigenvalue weighted by molar-refractivity contribution is -0.121. The summed E-state index contributed by atoms with van der Waals surface area (Å²) in [6.07, 6.45) is 0.148. The van der Waals surface area contributed by atoms with Crippen LogP contribution in [0.3, 0.4) is 0 Å². The van der Waals surface area contributed by atoms with Gasteiger partial charge in [-0.15, -0.1) is 0 Å². The Kier molecular flexibility index (Phi) is 4.09. The van der Waals surface area contributed by atoms with E-state index >= 15 is 0 Å². The van der Waals surface area contributed by atoms with Crippen molar-refractivity contribution in [2.45, 2.75) is 26.3 Å². The molecule has 1 fully saturated rings. The molecule has 1 unspecified atom stereocenters. The molecule has 3 rings (SSSR count). The highest BCUT2D eigenvalue weighted by molar-refractivity contribution is 6.30. The number of halogens is 1. The average Bonchev–Trinajstić information content (AvgIpc) is 2.77. The summed E-state index contributed by atoms with van der Waals surface area (Å²) in [6, 6.07) is 12.3. The van der Waals surface area contributed by atoms with E-state index in [0.717, 1.165) is 16.8 Å². The SMILES string of the molecule is Cc1cccc(C)c1N1C(=O)CC(Nc2ccc(Cl)cc2)C1=O. The number of amides is 2. The van der Waals surface area contributed by atoms with Crippen molar-refractivity contribution in [3.63, 3.8) is 0 Å². The van der Waals surface area contributed by atoms with Crippen LogP contribution in [-0.2, 0) is 9.59 Å². The van der Waals surface area contributed by atoms with E-state index in [1.165, 1.54) is 4.90 Å². The van der Waals surface area contributed by atoms with Gasteiger partial charge in [-0.25, -0.2) is 4.90 Å². The summed E-state index contributed by atoms with van der Waals surface area (Å²) < 4.78 is 0. The summed E-state index contributed by atoms with van der Waals surface area (Å²) in [5.41, 5.74) is 3.30. The number of aryl methyl sites for hydroxylation is 2. The molecule has 1 N–H and O–H groups in total. The molecule has 0 aromatic heterocycles. The third kappa shape index (κ3) is 2.94. The van der Waals surface area contributed by atoms with E-state index in [1.807, 2.05) is 32.0 Å². The Hall–Kier alpha value is -2.33. The van der Waals surface area contributed by atoms with Crippen LogP contribution in [-0.4, -0.2) is 17.9 Å². The Balaban J connectivity index is 1.87. The predicted molar refractivity (Wildman–Crippen MR) is 91.9 cm³/mol. The molecule has 2 amide bonds. The molecule has 4 nitrogen and oxygen atoms in total. The molecular weight excluding hydrogens is 312 g/mol. The first-order valence-electron chi connectivity index (χ1n) is 7.42. The van der Waals surface area contributed by atoms with Crippen molar-refractivity contribution in [2.24, 2.45) is 0 Å². The maximum absolute atomic E-state index is 12.7. The minimum atomic E-state index is -0.553. The van der Waals surface area contributed by atoms with Crippen LogP contribution in [0.1, 0.15) is 17.5 Å². The van der Waals surface area contributed by atoms with Crippen LogP contribution in [0.25, 0.3) is 0 Å². The zero-order chi connectivity index (χ0) is 16.6. The minimum Gasteiger partial charge on any atom is -0.373 e. The fourth-order valence-corrected chi connectivity index (χ4v) is 3.01. The number of rotatable bonds is 3. The monoisotopic (exact) mass is 328 g/mol. The third-order valence-electron chi connectivity index (χ3n) is 3.99. The summed E-state index contributed by atoms with van der Waals surface area (Å²) in [6.45, 7) is 3.81. The molecule has 2 aromatic rings. The lowest BCUT2D eigenvalue weighted by atomic mass is 10.1. The molecule has 1 saturated heterocycles. The van der Waals surface area contributed by atoms with Crippen molar-refractivity contribution >= 4 is 34.8 Å². The summed E-state index contributed by atoms with van der Waals surface area (Å²) in [4.78, 5) is 26.4. The summed E-state index contributed by atoms with van der Waals surface area (Å²) in [7, 11) is 0. The summed E-state index contributed by atoms with van der Waals surface area (Å²) in [5.74, 6) is -0.402. The Morgan fingerprint density at radius 2 is 1.65 bits per heavy atom. The second-order valence-corrected chi connectivity index (χ2v) is 6.15. The number of hydrogen-bond donors (Lipinski definition) is 1. The Morgan fingerprint density at radius 3 is 2.26 bits per heavy atom. The average molecular weight is 329 g/mol. The van der Waals surface area contributed by atoms with Crippen LogP contribution >= 0.6 is 11.6 Å². The molecule has 0 saturated carbocycles. The lowest BCUT2D eigenvalue weighted by Gasteiger charge is -2.20.